The van der Waals surface area contributed by atoms with Crippen LogP contribution < -0.4 is 0 Å². The van der Waals surface area contributed by atoms with Gasteiger partial charge in [0.2, 0.25) is 10.0 Å². The molecule has 0 unspecified atom stereocenters. The van der Waals surface area contributed by atoms with Crippen molar-refractivity contribution in [2.24, 2.45) is 0 Å². The maximum Gasteiger partial charge on any atom is 0.339 e. The number of carbonyl (C=O) groups is 2. The fourth-order valence-corrected chi connectivity index (χ4v) is 5.30. The van der Waals surface area contributed by atoms with Gasteiger partial charge in [0.05, 0.1) is 16.0 Å². The van der Waals surface area contributed by atoms with Crippen LogP contribution in [-0.2, 0) is 19.6 Å². The highest BCUT2D eigenvalue weighted by Gasteiger charge is 2.30. The van der Waals surface area contributed by atoms with E-state index in [0.29, 0.717) is 22.2 Å². The molecule has 9 heteroatoms. The minimum atomic E-state index is -3.60. The smallest absolute Gasteiger partial charge is 0.339 e. The van der Waals surface area contributed by atoms with Crippen LogP contribution in [0.4, 0.5) is 0 Å². The number of hydrogen-bond acceptors (Lipinski definition) is 6. The number of carbonyl (C=O) groups excluding carboxylic acids is 2. The fraction of sp³-hybridized carbons (Fsp3) is 0.292. The molecule has 8 nitrogen and oxygen atoms in total. The van der Waals surface area contributed by atoms with Gasteiger partial charge in [0.25, 0.3) is 5.91 Å². The Balaban J connectivity index is 1.37. The Morgan fingerprint density at radius 1 is 0.970 bits per heavy atom. The van der Waals surface area contributed by atoms with Crippen LogP contribution in [0.25, 0.3) is 10.9 Å². The highest BCUT2D eigenvalue weighted by Crippen LogP contribution is 2.21. The van der Waals surface area contributed by atoms with E-state index < -0.39 is 22.6 Å². The predicted molar refractivity (Wildman–Crippen MR) is 123 cm³/mol. The van der Waals surface area contributed by atoms with E-state index in [1.807, 2.05) is 25.1 Å². The normalized spacial score (nSPS) is 14.9. The summed E-state index contributed by atoms with van der Waals surface area (Å²) in [4.78, 5) is 31.5. The summed E-state index contributed by atoms with van der Waals surface area (Å²) in [6.45, 7) is 4.16. The first kappa shape index (κ1) is 22.9. The number of amides is 1. The minimum absolute atomic E-state index is 0.185. The Bertz CT molecular complexity index is 1300. The Kier molecular flexibility index (Phi) is 6.44. The molecule has 1 saturated heterocycles. The van der Waals surface area contributed by atoms with Gasteiger partial charge in [0.15, 0.2) is 6.61 Å². The van der Waals surface area contributed by atoms with Gasteiger partial charge in [0.1, 0.15) is 0 Å². The number of rotatable bonds is 5. The maximum atomic E-state index is 12.7. The van der Waals surface area contributed by atoms with Crippen LogP contribution in [0, 0.1) is 13.8 Å². The fourth-order valence-electron chi connectivity index (χ4n) is 3.86. The third-order valence-electron chi connectivity index (χ3n) is 5.61. The van der Waals surface area contributed by atoms with E-state index in [-0.39, 0.29) is 37.0 Å². The van der Waals surface area contributed by atoms with E-state index in [2.05, 4.69) is 4.98 Å². The van der Waals surface area contributed by atoms with Gasteiger partial charge in [-0.25, -0.2) is 13.2 Å². The van der Waals surface area contributed by atoms with Crippen LogP contribution in [-0.4, -0.2) is 67.3 Å². The van der Waals surface area contributed by atoms with Crippen LogP contribution in [0.2, 0.25) is 0 Å². The molecule has 1 fully saturated rings. The molecule has 0 aliphatic carbocycles. The largest absolute Gasteiger partial charge is 0.452 e. The first-order valence-electron chi connectivity index (χ1n) is 10.6. The highest BCUT2D eigenvalue weighted by atomic mass is 32.2. The lowest BCUT2D eigenvalue weighted by atomic mass is 10.1. The van der Waals surface area contributed by atoms with Gasteiger partial charge < -0.3 is 9.64 Å². The van der Waals surface area contributed by atoms with Gasteiger partial charge in [-0.05, 0) is 44.2 Å². The van der Waals surface area contributed by atoms with Crippen molar-refractivity contribution < 1.29 is 22.7 Å². The van der Waals surface area contributed by atoms with Gasteiger partial charge >= 0.3 is 5.97 Å². The zero-order chi connectivity index (χ0) is 23.6. The lowest BCUT2D eigenvalue weighted by Crippen LogP contribution is -2.51. The number of benzene rings is 2. The van der Waals surface area contributed by atoms with E-state index in [1.165, 1.54) is 9.21 Å². The van der Waals surface area contributed by atoms with E-state index in [1.54, 1.807) is 43.3 Å². The third kappa shape index (κ3) is 4.89. The Labute approximate surface area is 192 Å². The zero-order valence-electron chi connectivity index (χ0n) is 18.5. The molecule has 0 bridgehead atoms. The van der Waals surface area contributed by atoms with Crippen LogP contribution >= 0.6 is 0 Å². The summed E-state index contributed by atoms with van der Waals surface area (Å²) in [5.74, 6) is -0.943. The molecule has 1 aliphatic rings. The van der Waals surface area contributed by atoms with Gasteiger partial charge in [-0.1, -0.05) is 29.8 Å². The summed E-state index contributed by atoms with van der Waals surface area (Å²) < 4.78 is 32.2. The quantitative estimate of drug-likeness (QED) is 0.535. The monoisotopic (exact) mass is 467 g/mol. The van der Waals surface area contributed by atoms with Crippen molar-refractivity contribution >= 4 is 32.8 Å². The van der Waals surface area contributed by atoms with Crippen molar-refractivity contribution in [1.82, 2.24) is 14.2 Å². The summed E-state index contributed by atoms with van der Waals surface area (Å²) in [7, 11) is -3.60. The molecule has 0 saturated carbocycles. The molecule has 2 heterocycles. The summed E-state index contributed by atoms with van der Waals surface area (Å²) in [5.41, 5.74) is 2.73. The molecule has 3 aromatic rings. The number of nitrogens with zero attached hydrogens (tertiary/aromatic N) is 3. The Morgan fingerprint density at radius 2 is 1.67 bits per heavy atom. The summed E-state index contributed by atoms with van der Waals surface area (Å²) >= 11 is 0. The lowest BCUT2D eigenvalue weighted by molar-refractivity contribution is -0.135. The van der Waals surface area contributed by atoms with Crippen molar-refractivity contribution in [2.75, 3.05) is 32.8 Å². The van der Waals surface area contributed by atoms with Gasteiger partial charge in [-0.3, -0.25) is 9.78 Å². The number of sulfonamides is 1. The molecule has 1 aromatic heterocycles. The Hall–Kier alpha value is -3.30. The van der Waals surface area contributed by atoms with Gasteiger partial charge in [-0.15, -0.1) is 0 Å². The minimum Gasteiger partial charge on any atom is -0.452 e. The van der Waals surface area contributed by atoms with Crippen LogP contribution in [0.3, 0.4) is 0 Å². The number of fused-ring (bicyclic) bond motifs is 1. The topological polar surface area (TPSA) is 96.9 Å². The Morgan fingerprint density at radius 3 is 2.36 bits per heavy atom. The van der Waals surface area contributed by atoms with Gasteiger partial charge in [0, 0.05) is 37.3 Å². The second kappa shape index (κ2) is 9.29. The molecule has 0 N–H and O–H groups in total. The molecule has 33 heavy (non-hydrogen) atoms. The number of esters is 1. The van der Waals surface area contributed by atoms with Crippen LogP contribution in [0.5, 0.6) is 0 Å². The van der Waals surface area contributed by atoms with Crippen LogP contribution in [0.1, 0.15) is 21.6 Å². The second-order valence-corrected chi connectivity index (χ2v) is 9.94. The maximum absolute atomic E-state index is 12.7. The van der Waals surface area contributed by atoms with Crippen LogP contribution in [0.15, 0.2) is 59.5 Å². The lowest BCUT2D eigenvalue weighted by Gasteiger charge is -2.33. The van der Waals surface area contributed by atoms with Crippen molar-refractivity contribution in [3.63, 3.8) is 0 Å². The molecule has 1 amide bonds. The zero-order valence-corrected chi connectivity index (χ0v) is 19.3. The SMILES string of the molecule is Cc1ccc2nc(C)cc(C(=O)OCC(=O)N3CCN(S(=O)(=O)c4ccccc4)CC3)c2c1. The number of piperazine rings is 1. The average molecular weight is 468 g/mol. The van der Waals surface area contributed by atoms with E-state index in [0.717, 1.165) is 5.56 Å². The molecular weight excluding hydrogens is 442 g/mol. The van der Waals surface area contributed by atoms with E-state index in [4.69, 9.17) is 4.74 Å². The van der Waals surface area contributed by atoms with Crippen molar-refractivity contribution in [1.29, 1.82) is 0 Å². The molecule has 0 atom stereocenters. The van der Waals surface area contributed by atoms with Crippen molar-refractivity contribution in [3.8, 4) is 0 Å². The van der Waals surface area contributed by atoms with Crippen molar-refractivity contribution in [3.05, 3.63) is 71.4 Å². The summed E-state index contributed by atoms with van der Waals surface area (Å²) in [5, 5.41) is 0.679. The highest BCUT2D eigenvalue weighted by molar-refractivity contribution is 7.89. The summed E-state index contributed by atoms with van der Waals surface area (Å²) in [6, 6.07) is 15.5. The molecule has 0 radical (unpaired) electrons. The molecule has 4 rings (SSSR count). The first-order chi connectivity index (χ1) is 15.8. The van der Waals surface area contributed by atoms with E-state index in [9.17, 15) is 18.0 Å². The summed E-state index contributed by atoms with van der Waals surface area (Å²) in [6.07, 6.45) is 0. The molecule has 2 aromatic carbocycles. The van der Waals surface area contributed by atoms with E-state index >= 15 is 0 Å². The molecular formula is C24H25N3O5S. The first-order valence-corrected chi connectivity index (χ1v) is 12.1. The number of pyridine rings is 1. The average Bonchev–Trinajstić information content (AvgIpc) is 2.82. The third-order valence-corrected chi connectivity index (χ3v) is 7.52. The van der Waals surface area contributed by atoms with Crippen molar-refractivity contribution in [2.45, 2.75) is 18.7 Å². The molecule has 172 valence electrons. The number of aryl methyl sites for hydroxylation is 2. The van der Waals surface area contributed by atoms with Gasteiger partial charge in [-0.2, -0.15) is 4.31 Å². The molecule has 0 spiro atoms. The number of hydrogen-bond donors (Lipinski definition) is 0. The second-order valence-electron chi connectivity index (χ2n) is 8.01. The molecule has 1 aliphatic heterocycles. The standard InChI is InChI=1S/C24H25N3O5S/c1-17-8-9-22-20(14-17)21(15-18(2)25-22)24(29)32-16-23(28)26-10-12-27(13-11-26)33(30,31)19-6-4-3-5-7-19/h3-9,14-15H,10-13,16H2,1-2H3. The predicted octanol–water partition coefficient (Wildman–Crippen LogP) is 2.54. The number of ether oxygens (including phenoxy) is 1. The number of aromatic nitrogens is 1.